The minimum atomic E-state index is -0.547. The molecule has 0 bridgehead atoms. The molecule has 160 valence electrons. The molecule has 0 aromatic heterocycles. The average Bonchev–Trinajstić information content (AvgIpc) is 3.21. The van der Waals surface area contributed by atoms with Crippen LogP contribution in [0.15, 0.2) is 51.0 Å². The summed E-state index contributed by atoms with van der Waals surface area (Å²) in [6.07, 6.45) is 2.13. The van der Waals surface area contributed by atoms with Crippen LogP contribution in [0.1, 0.15) is 5.56 Å². The molecule has 31 heavy (non-hydrogen) atoms. The van der Waals surface area contributed by atoms with Crippen molar-refractivity contribution in [1.82, 2.24) is 0 Å². The molecule has 0 N–H and O–H groups in total. The van der Waals surface area contributed by atoms with E-state index in [4.69, 9.17) is 18.9 Å². The van der Waals surface area contributed by atoms with E-state index in [-0.39, 0.29) is 32.0 Å². The van der Waals surface area contributed by atoms with Gasteiger partial charge in [0.1, 0.15) is 55.6 Å². The lowest BCUT2D eigenvalue weighted by atomic mass is 10.2. The Morgan fingerprint density at radius 1 is 0.968 bits per heavy atom. The summed E-state index contributed by atoms with van der Waals surface area (Å²) in [7, 11) is 0. The number of thioether (sulfide) groups is 2. The predicted octanol–water partition coefficient (Wildman–Crippen LogP) is 3.67. The minimum Gasteiger partial charge on any atom is -0.489 e. The van der Waals surface area contributed by atoms with E-state index in [0.717, 1.165) is 17.7 Å². The van der Waals surface area contributed by atoms with Crippen molar-refractivity contribution >= 4 is 35.5 Å². The summed E-state index contributed by atoms with van der Waals surface area (Å²) in [6.45, 7) is 8.76. The van der Waals surface area contributed by atoms with Crippen molar-refractivity contribution in [2.75, 3.05) is 26.4 Å². The van der Waals surface area contributed by atoms with Crippen molar-refractivity contribution in [3.05, 3.63) is 46.8 Å². The summed E-state index contributed by atoms with van der Waals surface area (Å²) in [5.41, 5.74) is 0.734. The molecule has 0 fully saturated rings. The van der Waals surface area contributed by atoms with Gasteiger partial charge in [0.25, 0.3) is 0 Å². The molecule has 0 unspecified atom stereocenters. The van der Waals surface area contributed by atoms with Crippen LogP contribution in [0.5, 0.6) is 11.5 Å². The highest BCUT2D eigenvalue weighted by molar-refractivity contribution is 8.24. The Morgan fingerprint density at radius 2 is 1.52 bits per heavy atom. The van der Waals surface area contributed by atoms with Gasteiger partial charge in [0, 0.05) is 12.2 Å². The summed E-state index contributed by atoms with van der Waals surface area (Å²) < 4.78 is 21.9. The highest BCUT2D eigenvalue weighted by Gasteiger charge is 2.30. The van der Waals surface area contributed by atoms with Gasteiger partial charge in [0.05, 0.1) is 14.0 Å². The molecule has 10 heteroatoms. The number of carbonyl (C=O) groups is 2. The molecule has 0 radical (unpaired) electrons. The van der Waals surface area contributed by atoms with Gasteiger partial charge in [-0.1, -0.05) is 36.7 Å². The first kappa shape index (κ1) is 23.9. The Hall–Kier alpha value is -3.34. The molecule has 1 aliphatic rings. The number of nitrogens with zero attached hydrogens (tertiary/aromatic N) is 2. The van der Waals surface area contributed by atoms with Crippen molar-refractivity contribution in [1.29, 1.82) is 10.5 Å². The number of esters is 2. The first-order valence-corrected chi connectivity index (χ1v) is 10.5. The van der Waals surface area contributed by atoms with Crippen molar-refractivity contribution in [3.8, 4) is 23.6 Å². The Bertz CT molecular complexity index is 1000. The topological polar surface area (TPSA) is 119 Å². The second kappa shape index (κ2) is 11.7. The van der Waals surface area contributed by atoms with E-state index in [1.165, 1.54) is 23.5 Å². The number of allylic oxidation sites excluding steroid dienone is 1. The lowest BCUT2D eigenvalue weighted by Gasteiger charge is -2.16. The quantitative estimate of drug-likeness (QED) is 0.222. The maximum atomic E-state index is 11.2. The highest BCUT2D eigenvalue weighted by Crippen LogP contribution is 2.59. The molecule has 0 saturated carbocycles. The minimum absolute atomic E-state index is 0.0134. The van der Waals surface area contributed by atoms with E-state index in [9.17, 15) is 20.1 Å². The van der Waals surface area contributed by atoms with Crippen molar-refractivity contribution in [2.45, 2.75) is 16.7 Å². The van der Waals surface area contributed by atoms with E-state index in [1.54, 1.807) is 6.07 Å². The number of carbonyl (C=O) groups excluding carboxylic acids is 2. The van der Waals surface area contributed by atoms with Gasteiger partial charge in [-0.25, -0.2) is 9.59 Å². The third kappa shape index (κ3) is 6.32. The molecular formula is C21H18N2O6S2. The van der Waals surface area contributed by atoms with Crippen LogP contribution in [-0.4, -0.2) is 38.4 Å². The standard InChI is InChI=1S/C21H18N2O6S2/c1-4-16(24)27-7-6-26-15-10-13(3)18(29-9-8-28-17(25)5-2)20-19(15)30-21(31-20)14(11-22)12-23/h4-5,10H,1-2,6-9H2,3H3. The van der Waals surface area contributed by atoms with E-state index < -0.39 is 11.9 Å². The van der Waals surface area contributed by atoms with Gasteiger partial charge in [-0.2, -0.15) is 10.5 Å². The normalized spacial score (nSPS) is 11.4. The lowest BCUT2D eigenvalue weighted by Crippen LogP contribution is -2.12. The second-order valence-electron chi connectivity index (χ2n) is 5.71. The molecule has 1 aromatic rings. The zero-order valence-corrected chi connectivity index (χ0v) is 18.3. The summed E-state index contributed by atoms with van der Waals surface area (Å²) in [6, 6.07) is 5.53. The van der Waals surface area contributed by atoms with Crippen molar-refractivity contribution < 1.29 is 28.5 Å². The summed E-state index contributed by atoms with van der Waals surface area (Å²) in [5.74, 6) is -0.0452. The number of benzene rings is 1. The van der Waals surface area contributed by atoms with Crippen LogP contribution in [0.25, 0.3) is 0 Å². The fourth-order valence-corrected chi connectivity index (χ4v) is 4.90. The molecule has 1 aliphatic heterocycles. The molecule has 8 nitrogen and oxygen atoms in total. The van der Waals surface area contributed by atoms with Crippen LogP contribution in [0.4, 0.5) is 0 Å². The summed E-state index contributed by atoms with van der Waals surface area (Å²) >= 11 is 2.46. The maximum absolute atomic E-state index is 11.2. The Morgan fingerprint density at radius 3 is 2.06 bits per heavy atom. The molecular weight excluding hydrogens is 440 g/mol. The number of nitriles is 2. The molecule has 2 rings (SSSR count). The molecule has 0 atom stereocenters. The first-order chi connectivity index (χ1) is 14.9. The van der Waals surface area contributed by atoms with Crippen LogP contribution >= 0.6 is 23.5 Å². The smallest absolute Gasteiger partial charge is 0.330 e. The van der Waals surface area contributed by atoms with Crippen LogP contribution in [0, 0.1) is 29.6 Å². The Labute approximate surface area is 188 Å². The first-order valence-electron chi connectivity index (χ1n) is 8.86. The third-order valence-corrected chi connectivity index (χ3v) is 6.26. The van der Waals surface area contributed by atoms with Gasteiger partial charge in [-0.15, -0.1) is 0 Å². The number of rotatable bonds is 10. The summed E-state index contributed by atoms with van der Waals surface area (Å²) in [4.78, 5) is 23.7. The van der Waals surface area contributed by atoms with Crippen molar-refractivity contribution in [2.24, 2.45) is 0 Å². The van der Waals surface area contributed by atoms with Gasteiger partial charge in [-0.3, -0.25) is 0 Å². The second-order valence-corrected chi connectivity index (χ2v) is 8.01. The van der Waals surface area contributed by atoms with E-state index >= 15 is 0 Å². The fraction of sp³-hybridized carbons (Fsp3) is 0.238. The van der Waals surface area contributed by atoms with Crippen molar-refractivity contribution in [3.63, 3.8) is 0 Å². The monoisotopic (exact) mass is 458 g/mol. The number of ether oxygens (including phenoxy) is 4. The number of hydrogen-bond donors (Lipinski definition) is 0. The number of aryl methyl sites for hydroxylation is 1. The molecule has 0 amide bonds. The lowest BCUT2D eigenvalue weighted by molar-refractivity contribution is -0.139. The third-order valence-electron chi connectivity index (χ3n) is 3.65. The molecule has 0 saturated heterocycles. The maximum Gasteiger partial charge on any atom is 0.330 e. The Balaban J connectivity index is 2.25. The zero-order chi connectivity index (χ0) is 22.8. The fourth-order valence-electron chi connectivity index (χ4n) is 2.32. The molecule has 0 aliphatic carbocycles. The van der Waals surface area contributed by atoms with Gasteiger partial charge < -0.3 is 18.9 Å². The molecule has 1 aromatic carbocycles. The predicted molar refractivity (Wildman–Crippen MR) is 114 cm³/mol. The number of fused-ring (bicyclic) bond motifs is 1. The zero-order valence-electron chi connectivity index (χ0n) is 16.6. The highest BCUT2D eigenvalue weighted by atomic mass is 32.2. The summed E-state index contributed by atoms with van der Waals surface area (Å²) in [5, 5.41) is 18.4. The molecule has 0 spiro atoms. The SMILES string of the molecule is C=CC(=O)OCCOc1cc(C)c(OCCOC(=O)C=C)c2c1SC(=C(C#N)C#N)S2. The van der Waals surface area contributed by atoms with Crippen LogP contribution in [-0.2, 0) is 19.1 Å². The van der Waals surface area contributed by atoms with Crippen LogP contribution in [0.2, 0.25) is 0 Å². The van der Waals surface area contributed by atoms with Crippen LogP contribution in [0.3, 0.4) is 0 Å². The number of hydrogen-bond acceptors (Lipinski definition) is 10. The molecule has 1 heterocycles. The van der Waals surface area contributed by atoms with Gasteiger partial charge in [0.2, 0.25) is 0 Å². The van der Waals surface area contributed by atoms with E-state index in [1.807, 2.05) is 19.1 Å². The average molecular weight is 459 g/mol. The van der Waals surface area contributed by atoms with E-state index in [2.05, 4.69) is 13.2 Å². The van der Waals surface area contributed by atoms with Gasteiger partial charge in [0.15, 0.2) is 0 Å². The van der Waals surface area contributed by atoms with Crippen LogP contribution < -0.4 is 9.47 Å². The Kier molecular flexibility index (Phi) is 9.07. The van der Waals surface area contributed by atoms with Gasteiger partial charge >= 0.3 is 11.9 Å². The van der Waals surface area contributed by atoms with Gasteiger partial charge in [-0.05, 0) is 18.6 Å². The largest absolute Gasteiger partial charge is 0.489 e. The van der Waals surface area contributed by atoms with E-state index in [0.29, 0.717) is 25.5 Å².